The van der Waals surface area contributed by atoms with Crippen molar-refractivity contribution in [3.8, 4) is 17.2 Å². The van der Waals surface area contributed by atoms with E-state index in [2.05, 4.69) is 0 Å². The van der Waals surface area contributed by atoms with E-state index in [1.165, 1.54) is 18.9 Å². The molecule has 0 radical (unpaired) electrons. The van der Waals surface area contributed by atoms with Crippen LogP contribution in [0.5, 0.6) is 17.2 Å². The number of ether oxygens (including phenoxy) is 4. The van der Waals surface area contributed by atoms with Gasteiger partial charge in [0, 0.05) is 26.6 Å². The fourth-order valence-corrected chi connectivity index (χ4v) is 3.91. The lowest BCUT2D eigenvalue weighted by Crippen LogP contribution is -2.32. The maximum Gasteiger partial charge on any atom is 0.308 e. The van der Waals surface area contributed by atoms with Crippen molar-refractivity contribution in [2.75, 3.05) is 33.5 Å². The molecule has 0 aliphatic carbocycles. The molecule has 9 nitrogen and oxygen atoms in total. The summed E-state index contributed by atoms with van der Waals surface area (Å²) in [6, 6.07) is 10.4. The van der Waals surface area contributed by atoms with Crippen molar-refractivity contribution in [3.05, 3.63) is 59.2 Å². The molecule has 1 unspecified atom stereocenters. The van der Waals surface area contributed by atoms with Gasteiger partial charge >= 0.3 is 5.97 Å². The number of carbonyl (C=O) groups is 3. The highest BCUT2D eigenvalue weighted by Crippen LogP contribution is 2.41. The largest absolute Gasteiger partial charge is 0.507 e. The molecule has 2 aromatic carbocycles. The third-order valence-corrected chi connectivity index (χ3v) is 5.35. The van der Waals surface area contributed by atoms with Crippen molar-refractivity contribution >= 4 is 23.4 Å². The van der Waals surface area contributed by atoms with E-state index in [-0.39, 0.29) is 30.0 Å². The van der Waals surface area contributed by atoms with Gasteiger partial charge in [0.05, 0.1) is 37.0 Å². The van der Waals surface area contributed by atoms with Gasteiger partial charge in [0.15, 0.2) is 0 Å². The van der Waals surface area contributed by atoms with Crippen molar-refractivity contribution in [2.24, 2.45) is 0 Å². The molecule has 1 aliphatic heterocycles. The second-order valence-corrected chi connectivity index (χ2v) is 7.67. The quantitative estimate of drug-likeness (QED) is 0.180. The number of hydrogen-bond donors (Lipinski definition) is 1. The summed E-state index contributed by atoms with van der Waals surface area (Å²) in [7, 11) is 1.49. The topological polar surface area (TPSA) is 112 Å². The number of methoxy groups -OCH3 is 1. The zero-order valence-corrected chi connectivity index (χ0v) is 20.2. The Hall–Kier alpha value is -3.85. The number of aliphatic hydroxyl groups is 1. The first kappa shape index (κ1) is 25.8. The van der Waals surface area contributed by atoms with Crippen molar-refractivity contribution < 1.29 is 38.4 Å². The number of nitrogens with zero attached hydrogens (tertiary/aromatic N) is 1. The summed E-state index contributed by atoms with van der Waals surface area (Å²) in [5.41, 5.74) is 0.750. The van der Waals surface area contributed by atoms with Crippen molar-refractivity contribution in [3.63, 3.8) is 0 Å². The zero-order valence-electron chi connectivity index (χ0n) is 20.2. The zero-order chi connectivity index (χ0) is 25.5. The molecule has 0 saturated carbocycles. The van der Waals surface area contributed by atoms with Crippen LogP contribution in [0, 0.1) is 0 Å². The standard InChI is InChI=1S/C26H29NO8/c1-5-33-19-11-12-20(21(15-19)34-6-2)24(29)22-23(27(13-14-32-4)26(31)25(22)30)17-7-9-18(10-8-17)35-16(3)28/h7-12,15,23,29H,5-6,13-14H2,1-4H3/b24-22-. The Bertz CT molecular complexity index is 1120. The smallest absolute Gasteiger partial charge is 0.308 e. The molecule has 1 N–H and O–H groups in total. The van der Waals surface area contributed by atoms with Gasteiger partial charge in [-0.1, -0.05) is 12.1 Å². The highest BCUT2D eigenvalue weighted by molar-refractivity contribution is 6.46. The SMILES string of the molecule is CCOc1ccc(/C(O)=C2/C(=O)C(=O)N(CCOC)C2c2ccc(OC(C)=O)cc2)c(OCC)c1. The molecule has 9 heteroatoms. The second-order valence-electron chi connectivity index (χ2n) is 7.67. The van der Waals surface area contributed by atoms with Gasteiger partial charge in [-0.25, -0.2) is 0 Å². The number of carbonyl (C=O) groups excluding carboxylic acids is 3. The predicted octanol–water partition coefficient (Wildman–Crippen LogP) is 3.48. The van der Waals surface area contributed by atoms with Gasteiger partial charge in [0.2, 0.25) is 0 Å². The Balaban J connectivity index is 2.15. The molecular formula is C26H29NO8. The molecule has 1 saturated heterocycles. The van der Waals surface area contributed by atoms with E-state index in [4.69, 9.17) is 18.9 Å². The maximum atomic E-state index is 13.1. The molecule has 0 bridgehead atoms. The van der Waals surface area contributed by atoms with Crippen LogP contribution in [0.2, 0.25) is 0 Å². The van der Waals surface area contributed by atoms with Gasteiger partial charge in [0.25, 0.3) is 11.7 Å². The van der Waals surface area contributed by atoms with E-state index in [0.717, 1.165) is 0 Å². The lowest BCUT2D eigenvalue weighted by molar-refractivity contribution is -0.140. The Labute approximate surface area is 203 Å². The molecule has 1 heterocycles. The summed E-state index contributed by atoms with van der Waals surface area (Å²) in [4.78, 5) is 38.7. The monoisotopic (exact) mass is 483 g/mol. The lowest BCUT2D eigenvalue weighted by Gasteiger charge is -2.25. The van der Waals surface area contributed by atoms with Gasteiger partial charge in [-0.3, -0.25) is 14.4 Å². The Morgan fingerprint density at radius 2 is 1.66 bits per heavy atom. The van der Waals surface area contributed by atoms with Gasteiger partial charge in [-0.2, -0.15) is 0 Å². The number of likely N-dealkylation sites (tertiary alicyclic amines) is 1. The van der Waals surface area contributed by atoms with E-state index in [1.54, 1.807) is 49.4 Å². The van der Waals surface area contributed by atoms with Crippen LogP contribution in [0.3, 0.4) is 0 Å². The van der Waals surface area contributed by atoms with E-state index >= 15 is 0 Å². The maximum absolute atomic E-state index is 13.1. The number of aliphatic hydroxyl groups excluding tert-OH is 1. The van der Waals surface area contributed by atoms with Crippen LogP contribution >= 0.6 is 0 Å². The van der Waals surface area contributed by atoms with E-state index in [9.17, 15) is 19.5 Å². The number of benzene rings is 2. The summed E-state index contributed by atoms with van der Waals surface area (Å²) in [5, 5.41) is 11.3. The predicted molar refractivity (Wildman–Crippen MR) is 127 cm³/mol. The van der Waals surface area contributed by atoms with E-state index < -0.39 is 23.7 Å². The number of Topliss-reactive ketones (excluding diaryl/α,β-unsaturated/α-hetero) is 1. The van der Waals surface area contributed by atoms with Crippen molar-refractivity contribution in [1.82, 2.24) is 4.90 Å². The van der Waals surface area contributed by atoms with Crippen LogP contribution < -0.4 is 14.2 Å². The normalized spacial score (nSPS) is 16.9. The summed E-state index contributed by atoms with van der Waals surface area (Å²) >= 11 is 0. The minimum atomic E-state index is -0.877. The molecule has 0 spiro atoms. The average Bonchev–Trinajstić information content (AvgIpc) is 3.08. The molecule has 186 valence electrons. The lowest BCUT2D eigenvalue weighted by atomic mass is 9.95. The molecule has 1 aliphatic rings. The Kier molecular flexibility index (Phi) is 8.48. The summed E-state index contributed by atoms with van der Waals surface area (Å²) in [6.07, 6.45) is 0. The molecule has 2 aromatic rings. The van der Waals surface area contributed by atoms with Gasteiger partial charge < -0.3 is 29.0 Å². The third kappa shape index (κ3) is 5.63. The first-order valence-corrected chi connectivity index (χ1v) is 11.3. The minimum absolute atomic E-state index is 0.0727. The van der Waals surface area contributed by atoms with Crippen LogP contribution in [0.1, 0.15) is 37.9 Å². The first-order valence-electron chi connectivity index (χ1n) is 11.3. The highest BCUT2D eigenvalue weighted by atomic mass is 16.5. The first-order chi connectivity index (χ1) is 16.8. The van der Waals surface area contributed by atoms with Gasteiger partial charge in [-0.05, 0) is 43.7 Å². The van der Waals surface area contributed by atoms with Gasteiger partial charge in [-0.15, -0.1) is 0 Å². The van der Waals surface area contributed by atoms with Crippen LogP contribution in [0.4, 0.5) is 0 Å². The number of esters is 1. The van der Waals surface area contributed by atoms with E-state index in [1.807, 2.05) is 6.92 Å². The Morgan fingerprint density at radius 3 is 2.26 bits per heavy atom. The number of amides is 1. The Morgan fingerprint density at radius 1 is 1.00 bits per heavy atom. The van der Waals surface area contributed by atoms with Gasteiger partial charge in [0.1, 0.15) is 23.0 Å². The third-order valence-electron chi connectivity index (χ3n) is 5.35. The van der Waals surface area contributed by atoms with Crippen LogP contribution in [-0.2, 0) is 19.1 Å². The van der Waals surface area contributed by atoms with Crippen molar-refractivity contribution in [2.45, 2.75) is 26.8 Å². The second kappa shape index (κ2) is 11.5. The number of ketones is 1. The summed E-state index contributed by atoms with van der Waals surface area (Å²) in [5.74, 6) is -1.20. The molecule has 3 rings (SSSR count). The summed E-state index contributed by atoms with van der Waals surface area (Å²) in [6.45, 7) is 6.04. The van der Waals surface area contributed by atoms with Crippen LogP contribution in [0.25, 0.3) is 5.76 Å². The molecule has 0 aromatic heterocycles. The molecule has 1 amide bonds. The van der Waals surface area contributed by atoms with Crippen molar-refractivity contribution in [1.29, 1.82) is 0 Å². The van der Waals surface area contributed by atoms with Crippen LogP contribution in [0.15, 0.2) is 48.0 Å². The minimum Gasteiger partial charge on any atom is -0.507 e. The summed E-state index contributed by atoms with van der Waals surface area (Å²) < 4.78 is 21.4. The molecular weight excluding hydrogens is 454 g/mol. The average molecular weight is 484 g/mol. The number of hydrogen-bond acceptors (Lipinski definition) is 8. The molecule has 1 atom stereocenters. The van der Waals surface area contributed by atoms with Crippen LogP contribution in [-0.4, -0.2) is 61.1 Å². The molecule has 35 heavy (non-hydrogen) atoms. The number of rotatable bonds is 10. The highest BCUT2D eigenvalue weighted by Gasteiger charge is 2.46. The fraction of sp³-hybridized carbons (Fsp3) is 0.346. The van der Waals surface area contributed by atoms with E-state index in [0.29, 0.717) is 36.0 Å². The fourth-order valence-electron chi connectivity index (χ4n) is 3.91. The molecule has 1 fully saturated rings.